The molecule has 1 aliphatic rings. The number of para-hydroxylation sites is 2. The van der Waals surface area contributed by atoms with E-state index in [0.717, 1.165) is 11.1 Å². The molecule has 1 aromatic heterocycles. The number of hydrogen-bond acceptors (Lipinski definition) is 8. The van der Waals surface area contributed by atoms with Gasteiger partial charge in [0.15, 0.2) is 17.2 Å². The number of nitroso groups, excluding NO2 is 1. The minimum Gasteiger partial charge on any atom is -0.453 e. The van der Waals surface area contributed by atoms with E-state index in [9.17, 15) is 13.3 Å². The summed E-state index contributed by atoms with van der Waals surface area (Å²) in [6.45, 7) is 1.60. The van der Waals surface area contributed by atoms with E-state index in [2.05, 4.69) is 15.1 Å². The lowest BCUT2D eigenvalue weighted by Crippen LogP contribution is -2.48. The van der Waals surface area contributed by atoms with Crippen molar-refractivity contribution >= 4 is 38.0 Å². The van der Waals surface area contributed by atoms with Crippen LogP contribution in [0.1, 0.15) is 0 Å². The Morgan fingerprint density at radius 3 is 2.34 bits per heavy atom. The van der Waals surface area contributed by atoms with Crippen LogP contribution >= 0.6 is 0 Å². The lowest BCUT2D eigenvalue weighted by Gasteiger charge is -2.35. The standard InChI is InChI=1S/C25H23N5O4S/c26-23-20(34-21-10-4-6-18-7-5-13-27-24(18)21)11-12-22(25(23)28-31)35(32,33)30-16-14-29(15-17-30)19-8-2-1-3-9-19/h1-13H,14-17,26H2. The number of piperazine rings is 1. The van der Waals surface area contributed by atoms with Crippen molar-refractivity contribution in [3.63, 3.8) is 0 Å². The lowest BCUT2D eigenvalue weighted by atomic mass is 10.2. The molecule has 0 saturated carbocycles. The predicted octanol–water partition coefficient (Wildman–Crippen LogP) is 4.52. The first-order valence-corrected chi connectivity index (χ1v) is 12.5. The minimum atomic E-state index is -3.99. The summed E-state index contributed by atoms with van der Waals surface area (Å²) in [5, 5.41) is 3.84. The highest BCUT2D eigenvalue weighted by molar-refractivity contribution is 7.89. The van der Waals surface area contributed by atoms with E-state index in [1.807, 2.05) is 54.6 Å². The van der Waals surface area contributed by atoms with Crippen LogP contribution in [0.25, 0.3) is 10.9 Å². The van der Waals surface area contributed by atoms with Gasteiger partial charge < -0.3 is 15.4 Å². The molecule has 0 amide bonds. The summed E-state index contributed by atoms with van der Waals surface area (Å²) < 4.78 is 34.1. The molecule has 5 rings (SSSR count). The van der Waals surface area contributed by atoms with Gasteiger partial charge in [0.2, 0.25) is 10.0 Å². The maximum absolute atomic E-state index is 13.4. The molecule has 35 heavy (non-hydrogen) atoms. The monoisotopic (exact) mass is 489 g/mol. The molecule has 10 heteroatoms. The van der Waals surface area contributed by atoms with E-state index in [1.54, 1.807) is 12.3 Å². The molecule has 0 atom stereocenters. The normalized spacial score (nSPS) is 14.7. The number of fused-ring (bicyclic) bond motifs is 1. The highest BCUT2D eigenvalue weighted by atomic mass is 32.2. The maximum Gasteiger partial charge on any atom is 0.245 e. The van der Waals surface area contributed by atoms with Gasteiger partial charge in [-0.3, -0.25) is 4.98 Å². The molecule has 0 unspecified atom stereocenters. The molecule has 1 saturated heterocycles. The molecule has 0 spiro atoms. The van der Waals surface area contributed by atoms with E-state index in [-0.39, 0.29) is 35.1 Å². The highest BCUT2D eigenvalue weighted by Crippen LogP contribution is 2.41. The summed E-state index contributed by atoms with van der Waals surface area (Å²) >= 11 is 0. The summed E-state index contributed by atoms with van der Waals surface area (Å²) in [6.07, 6.45) is 1.64. The largest absolute Gasteiger partial charge is 0.453 e. The molecule has 0 radical (unpaired) electrons. The van der Waals surface area contributed by atoms with Crippen LogP contribution < -0.4 is 15.4 Å². The third-order valence-electron chi connectivity index (χ3n) is 6.02. The molecule has 0 bridgehead atoms. The molecular weight excluding hydrogens is 466 g/mol. The summed E-state index contributed by atoms with van der Waals surface area (Å²) in [5.74, 6) is 0.560. The average Bonchev–Trinajstić information content (AvgIpc) is 2.90. The lowest BCUT2D eigenvalue weighted by molar-refractivity contribution is 0.385. The number of ether oxygens (including phenoxy) is 1. The highest BCUT2D eigenvalue weighted by Gasteiger charge is 2.32. The zero-order valence-corrected chi connectivity index (χ0v) is 19.6. The fourth-order valence-corrected chi connectivity index (χ4v) is 5.76. The van der Waals surface area contributed by atoms with Crippen molar-refractivity contribution in [3.8, 4) is 11.5 Å². The Balaban J connectivity index is 1.41. The van der Waals surface area contributed by atoms with Gasteiger partial charge in [-0.25, -0.2) is 8.42 Å². The van der Waals surface area contributed by atoms with Gasteiger partial charge in [-0.1, -0.05) is 36.4 Å². The number of anilines is 2. The third-order valence-corrected chi connectivity index (χ3v) is 7.95. The van der Waals surface area contributed by atoms with Crippen molar-refractivity contribution in [2.24, 2.45) is 5.18 Å². The Hall–Kier alpha value is -4.02. The predicted molar refractivity (Wildman–Crippen MR) is 136 cm³/mol. The topological polar surface area (TPSA) is 118 Å². The Bertz CT molecular complexity index is 1480. The first-order valence-electron chi connectivity index (χ1n) is 11.1. The Morgan fingerprint density at radius 2 is 1.60 bits per heavy atom. The second-order valence-corrected chi connectivity index (χ2v) is 9.98. The van der Waals surface area contributed by atoms with E-state index in [4.69, 9.17) is 10.5 Å². The van der Waals surface area contributed by atoms with Gasteiger partial charge in [-0.2, -0.15) is 4.31 Å². The third kappa shape index (κ3) is 4.29. The van der Waals surface area contributed by atoms with Crippen LogP contribution in [0.5, 0.6) is 11.5 Å². The summed E-state index contributed by atoms with van der Waals surface area (Å²) in [4.78, 5) is 18.0. The van der Waals surface area contributed by atoms with Gasteiger partial charge in [-0.15, -0.1) is 4.91 Å². The Morgan fingerprint density at radius 1 is 0.857 bits per heavy atom. The van der Waals surface area contributed by atoms with E-state index in [1.165, 1.54) is 16.4 Å². The first kappa shape index (κ1) is 22.8. The molecular formula is C25H23N5O4S. The number of nitrogen functional groups attached to an aromatic ring is 1. The minimum absolute atomic E-state index is 0.130. The van der Waals surface area contributed by atoms with E-state index in [0.29, 0.717) is 24.4 Å². The van der Waals surface area contributed by atoms with Gasteiger partial charge in [-0.05, 0) is 41.6 Å². The maximum atomic E-state index is 13.4. The van der Waals surface area contributed by atoms with Crippen molar-refractivity contribution in [2.75, 3.05) is 36.8 Å². The molecule has 2 N–H and O–H groups in total. The van der Waals surface area contributed by atoms with Crippen molar-refractivity contribution in [1.29, 1.82) is 0 Å². The Kier molecular flexibility index (Phi) is 6.06. The van der Waals surface area contributed by atoms with E-state index >= 15 is 0 Å². The molecule has 9 nitrogen and oxygen atoms in total. The number of benzene rings is 3. The van der Waals surface area contributed by atoms with Crippen molar-refractivity contribution in [2.45, 2.75) is 4.90 Å². The molecule has 0 aliphatic carbocycles. The molecule has 1 fully saturated rings. The summed E-state index contributed by atoms with van der Waals surface area (Å²) in [7, 11) is -3.99. The SMILES string of the molecule is Nc1c(Oc2cccc3cccnc23)ccc(S(=O)(=O)N2CCN(c3ccccc3)CC2)c1N=O. The number of hydrogen-bond donors (Lipinski definition) is 1. The number of nitrogens with two attached hydrogens (primary N) is 1. The van der Waals surface area contributed by atoms with Crippen LogP contribution in [0.2, 0.25) is 0 Å². The first-order chi connectivity index (χ1) is 17.0. The molecule has 2 heterocycles. The fourth-order valence-electron chi connectivity index (χ4n) is 4.20. The van der Waals surface area contributed by atoms with Gasteiger partial charge in [0.05, 0.1) is 0 Å². The molecule has 1 aliphatic heterocycles. The summed E-state index contributed by atoms with van der Waals surface area (Å²) in [6, 6.07) is 21.7. The number of sulfonamides is 1. The van der Waals surface area contributed by atoms with E-state index < -0.39 is 10.0 Å². The quantitative estimate of drug-likeness (QED) is 0.312. The zero-order chi connectivity index (χ0) is 24.4. The van der Waals surface area contributed by atoms with Crippen molar-refractivity contribution < 1.29 is 13.2 Å². The Labute approximate surface area is 202 Å². The van der Waals surface area contributed by atoms with Crippen LogP contribution in [0.15, 0.2) is 89.1 Å². The van der Waals surface area contributed by atoms with Crippen molar-refractivity contribution in [1.82, 2.24) is 9.29 Å². The zero-order valence-electron chi connectivity index (χ0n) is 18.7. The fraction of sp³-hybridized carbons (Fsp3) is 0.160. The second-order valence-electron chi connectivity index (χ2n) is 8.08. The number of nitrogens with zero attached hydrogens (tertiary/aromatic N) is 4. The van der Waals surface area contributed by atoms with Crippen molar-refractivity contribution in [3.05, 3.63) is 83.9 Å². The van der Waals surface area contributed by atoms with Gasteiger partial charge >= 0.3 is 0 Å². The summed E-state index contributed by atoms with van der Waals surface area (Å²) in [5.41, 5.74) is 7.33. The number of pyridine rings is 1. The average molecular weight is 490 g/mol. The smallest absolute Gasteiger partial charge is 0.245 e. The van der Waals surface area contributed by atoms with Crippen LogP contribution in [0.4, 0.5) is 17.1 Å². The molecule has 3 aromatic carbocycles. The molecule has 4 aromatic rings. The van der Waals surface area contributed by atoms with Gasteiger partial charge in [0.25, 0.3) is 0 Å². The van der Waals surface area contributed by atoms with Gasteiger partial charge in [0, 0.05) is 43.4 Å². The van der Waals surface area contributed by atoms with Crippen LogP contribution in [0.3, 0.4) is 0 Å². The van der Waals surface area contributed by atoms with Crippen LogP contribution in [-0.2, 0) is 10.0 Å². The van der Waals surface area contributed by atoms with Gasteiger partial charge in [0.1, 0.15) is 16.1 Å². The molecule has 178 valence electrons. The van der Waals surface area contributed by atoms with Crippen LogP contribution in [-0.4, -0.2) is 43.9 Å². The number of aromatic nitrogens is 1. The van der Waals surface area contributed by atoms with Crippen LogP contribution in [0, 0.1) is 4.91 Å². The number of rotatable bonds is 6. The second kappa shape index (κ2) is 9.32.